The second-order valence-electron chi connectivity index (χ2n) is 10.9. The summed E-state index contributed by atoms with van der Waals surface area (Å²) in [5, 5.41) is 12.4. The molecule has 44 heavy (non-hydrogen) atoms. The van der Waals surface area contributed by atoms with Crippen LogP contribution >= 0.6 is 15.9 Å². The lowest BCUT2D eigenvalue weighted by atomic mass is 10.0. The van der Waals surface area contributed by atoms with Gasteiger partial charge < -0.3 is 10.1 Å². The molecule has 5 rings (SSSR count). The molecule has 1 aliphatic rings. The summed E-state index contributed by atoms with van der Waals surface area (Å²) in [6, 6.07) is 17.1. The van der Waals surface area contributed by atoms with Crippen LogP contribution in [-0.4, -0.2) is 53.7 Å². The quantitative estimate of drug-likeness (QED) is 0.152. The van der Waals surface area contributed by atoms with Gasteiger partial charge in [0.15, 0.2) is 9.84 Å². The van der Waals surface area contributed by atoms with E-state index in [0.29, 0.717) is 27.1 Å². The number of nitriles is 1. The van der Waals surface area contributed by atoms with Crippen molar-refractivity contribution in [2.45, 2.75) is 44.2 Å². The largest absolute Gasteiger partial charge is 0.438 e. The second kappa shape index (κ2) is 13.7. The van der Waals surface area contributed by atoms with Gasteiger partial charge in [0.1, 0.15) is 10.4 Å². The van der Waals surface area contributed by atoms with Crippen LogP contribution in [0.3, 0.4) is 0 Å². The van der Waals surface area contributed by atoms with E-state index in [0.717, 1.165) is 65.9 Å². The number of benzene rings is 2. The fourth-order valence-corrected chi connectivity index (χ4v) is 6.27. The first-order valence-corrected chi connectivity index (χ1v) is 16.9. The highest BCUT2D eigenvalue weighted by Gasteiger charge is 2.22. The number of nitrogens with one attached hydrogen (secondary N) is 1. The summed E-state index contributed by atoms with van der Waals surface area (Å²) < 4.78 is 30.7. The van der Waals surface area contributed by atoms with Gasteiger partial charge in [-0.05, 0) is 113 Å². The molecule has 9 nitrogen and oxygen atoms in total. The molecule has 0 bridgehead atoms. The molecule has 226 valence electrons. The molecule has 4 aromatic rings. The first kappa shape index (κ1) is 31.3. The lowest BCUT2D eigenvalue weighted by molar-refractivity contribution is 0.211. The first-order valence-electron chi connectivity index (χ1n) is 14.2. The van der Waals surface area contributed by atoms with Crippen LogP contribution in [-0.2, 0) is 16.4 Å². The van der Waals surface area contributed by atoms with E-state index >= 15 is 0 Å². The predicted octanol–water partition coefficient (Wildman–Crippen LogP) is 6.73. The Morgan fingerprint density at radius 1 is 1.09 bits per heavy atom. The molecule has 0 unspecified atom stereocenters. The minimum absolute atomic E-state index is 0.197. The van der Waals surface area contributed by atoms with Gasteiger partial charge in [0.05, 0.1) is 16.5 Å². The molecule has 1 aliphatic heterocycles. The van der Waals surface area contributed by atoms with Crippen molar-refractivity contribution in [2.24, 2.45) is 0 Å². The number of rotatable bonds is 9. The van der Waals surface area contributed by atoms with E-state index in [2.05, 4.69) is 36.1 Å². The number of piperidine rings is 1. The van der Waals surface area contributed by atoms with Crippen LogP contribution in [0.4, 0.5) is 5.95 Å². The molecule has 1 fully saturated rings. The Balaban J connectivity index is 1.32. The van der Waals surface area contributed by atoms with Gasteiger partial charge in [0, 0.05) is 50.4 Å². The van der Waals surface area contributed by atoms with E-state index in [-0.39, 0.29) is 6.04 Å². The van der Waals surface area contributed by atoms with E-state index in [1.807, 2.05) is 56.3 Å². The summed E-state index contributed by atoms with van der Waals surface area (Å²) in [6.07, 6.45) is 9.77. The van der Waals surface area contributed by atoms with E-state index in [1.54, 1.807) is 30.6 Å². The highest BCUT2D eigenvalue weighted by Crippen LogP contribution is 2.36. The van der Waals surface area contributed by atoms with E-state index in [4.69, 9.17) is 15.0 Å². The van der Waals surface area contributed by atoms with Crippen molar-refractivity contribution in [1.82, 2.24) is 19.9 Å². The Kier molecular flexibility index (Phi) is 9.74. The molecular formula is C33H33BrN6O3S. The molecule has 2 aromatic heterocycles. The maximum atomic E-state index is 11.8. The monoisotopic (exact) mass is 672 g/mol. The highest BCUT2D eigenvalue weighted by atomic mass is 79.9. The number of allylic oxidation sites excluding steroid dienone is 1. The van der Waals surface area contributed by atoms with E-state index in [1.165, 1.54) is 12.3 Å². The highest BCUT2D eigenvalue weighted by molar-refractivity contribution is 9.10. The third-order valence-corrected chi connectivity index (χ3v) is 9.06. The van der Waals surface area contributed by atoms with Crippen LogP contribution in [0, 0.1) is 25.2 Å². The number of hydrogen-bond acceptors (Lipinski definition) is 9. The van der Waals surface area contributed by atoms with Crippen LogP contribution in [0.15, 0.2) is 76.5 Å². The number of halogens is 1. The zero-order valence-corrected chi connectivity index (χ0v) is 27.2. The summed E-state index contributed by atoms with van der Waals surface area (Å²) in [7, 11) is -3.20. The summed E-state index contributed by atoms with van der Waals surface area (Å²) in [5.41, 5.74) is 5.48. The topological polar surface area (TPSA) is 121 Å². The zero-order chi connectivity index (χ0) is 31.3. The van der Waals surface area contributed by atoms with Gasteiger partial charge in [-0.2, -0.15) is 10.2 Å². The average molecular weight is 674 g/mol. The van der Waals surface area contributed by atoms with Crippen molar-refractivity contribution >= 4 is 37.8 Å². The summed E-state index contributed by atoms with van der Waals surface area (Å²) in [4.78, 5) is 16.4. The number of sulfone groups is 1. The van der Waals surface area contributed by atoms with Crippen molar-refractivity contribution in [3.8, 4) is 28.8 Å². The molecule has 0 aliphatic carbocycles. The van der Waals surface area contributed by atoms with Crippen molar-refractivity contribution < 1.29 is 13.2 Å². The van der Waals surface area contributed by atoms with Gasteiger partial charge in [-0.1, -0.05) is 12.1 Å². The van der Waals surface area contributed by atoms with Gasteiger partial charge in [-0.3, -0.25) is 4.90 Å². The lowest BCUT2D eigenvalue weighted by Crippen LogP contribution is -2.39. The third-order valence-electron chi connectivity index (χ3n) is 7.50. The molecule has 11 heteroatoms. The number of pyridine rings is 1. The Morgan fingerprint density at radius 2 is 1.80 bits per heavy atom. The Morgan fingerprint density at radius 3 is 2.43 bits per heavy atom. The maximum absolute atomic E-state index is 11.8. The number of anilines is 1. The van der Waals surface area contributed by atoms with Crippen molar-refractivity contribution in [3.05, 3.63) is 93.9 Å². The summed E-state index contributed by atoms with van der Waals surface area (Å²) in [5.74, 6) is 1.63. The smallest absolute Gasteiger partial charge is 0.231 e. The van der Waals surface area contributed by atoms with Crippen molar-refractivity contribution in [3.63, 3.8) is 0 Å². The number of aryl methyl sites for hydroxylation is 2. The molecular weight excluding hydrogens is 640 g/mol. The van der Waals surface area contributed by atoms with Crippen molar-refractivity contribution in [1.29, 1.82) is 5.26 Å². The minimum atomic E-state index is -3.20. The number of hydrogen-bond donors (Lipinski definition) is 1. The molecule has 0 saturated carbocycles. The van der Waals surface area contributed by atoms with Crippen LogP contribution in [0.5, 0.6) is 11.6 Å². The third kappa shape index (κ3) is 7.88. The SMILES string of the molecule is Cc1cc(/C=C/C#N)cc(C)c1Oc1nc(NC2CCN(Cc3ccc(S(C)(=O)=O)cc3)CC2)ncc1-c1ccnc(Br)c1. The average Bonchev–Trinajstić information content (AvgIpc) is 2.99. The lowest BCUT2D eigenvalue weighted by Gasteiger charge is -2.32. The van der Waals surface area contributed by atoms with Gasteiger partial charge in [0.2, 0.25) is 11.8 Å². The zero-order valence-electron chi connectivity index (χ0n) is 24.8. The van der Waals surface area contributed by atoms with E-state index in [9.17, 15) is 8.42 Å². The summed E-state index contributed by atoms with van der Waals surface area (Å²) >= 11 is 3.46. The molecule has 1 N–H and O–H groups in total. The van der Waals surface area contributed by atoms with Crippen LogP contribution in [0.1, 0.15) is 35.1 Å². The Bertz CT molecular complexity index is 1810. The fraction of sp³-hybridized carbons (Fsp3) is 0.273. The van der Waals surface area contributed by atoms with Gasteiger partial charge >= 0.3 is 0 Å². The number of nitrogens with zero attached hydrogens (tertiary/aromatic N) is 5. The number of ether oxygens (including phenoxy) is 1. The van der Waals surface area contributed by atoms with Crippen LogP contribution < -0.4 is 10.1 Å². The molecule has 0 atom stereocenters. The standard InChI is InChI=1S/C33H33BrN6O3S/c1-22-17-25(5-4-13-35)18-23(2)31(22)43-32-29(26-10-14-36-30(34)19-26)20-37-33(39-32)38-27-11-15-40(16-12-27)21-24-6-8-28(9-7-24)44(3,41)42/h4-10,14,17-20,27H,11-12,15-16,21H2,1-3H3,(H,37,38,39)/b5-4+. The molecule has 3 heterocycles. The maximum Gasteiger partial charge on any atom is 0.231 e. The number of likely N-dealkylation sites (tertiary alicyclic amines) is 1. The van der Waals surface area contributed by atoms with Gasteiger partial charge in [0.25, 0.3) is 0 Å². The fourth-order valence-electron chi connectivity index (χ4n) is 5.27. The van der Waals surface area contributed by atoms with Gasteiger partial charge in [-0.15, -0.1) is 0 Å². The predicted molar refractivity (Wildman–Crippen MR) is 175 cm³/mol. The Labute approximate surface area is 266 Å². The van der Waals surface area contributed by atoms with Crippen LogP contribution in [0.2, 0.25) is 0 Å². The van der Waals surface area contributed by atoms with Gasteiger partial charge in [-0.25, -0.2) is 18.4 Å². The molecule has 0 amide bonds. The second-order valence-corrected chi connectivity index (χ2v) is 13.8. The normalized spacial score (nSPS) is 14.4. The van der Waals surface area contributed by atoms with Crippen molar-refractivity contribution in [2.75, 3.05) is 24.7 Å². The minimum Gasteiger partial charge on any atom is -0.438 e. The molecule has 0 spiro atoms. The number of aromatic nitrogens is 3. The van der Waals surface area contributed by atoms with E-state index < -0.39 is 9.84 Å². The molecule has 0 radical (unpaired) electrons. The summed E-state index contributed by atoms with van der Waals surface area (Å²) in [6.45, 7) is 6.50. The molecule has 1 saturated heterocycles. The molecule has 2 aromatic carbocycles. The first-order chi connectivity index (χ1) is 21.1. The van der Waals surface area contributed by atoms with Crippen LogP contribution in [0.25, 0.3) is 17.2 Å². The Hall–Kier alpha value is -4.11.